The lowest BCUT2D eigenvalue weighted by atomic mass is 10.1. The Morgan fingerprint density at radius 2 is 1.79 bits per heavy atom. The second-order valence-corrected chi connectivity index (χ2v) is 7.07. The maximum absolute atomic E-state index is 4.48. The number of hydrogen-bond acceptors (Lipinski definition) is 4. The van der Waals surface area contributed by atoms with E-state index in [2.05, 4.69) is 62.4 Å². The first-order chi connectivity index (χ1) is 13.2. The number of aromatic nitrogens is 3. The SMILES string of the molecule is CN=C(NCCCCn1cnnc1)N1CCN(c2cccc(C)c2C)CC1.I. The van der Waals surface area contributed by atoms with Crippen LogP contribution in [0.5, 0.6) is 0 Å². The normalized spacial score (nSPS) is 14.8. The summed E-state index contributed by atoms with van der Waals surface area (Å²) in [4.78, 5) is 9.33. The Kier molecular flexibility index (Phi) is 9.01. The molecule has 8 heteroatoms. The smallest absolute Gasteiger partial charge is 0.193 e. The number of nitrogens with zero attached hydrogens (tertiary/aromatic N) is 6. The molecular formula is C20H32IN7. The number of hydrogen-bond donors (Lipinski definition) is 1. The molecule has 0 spiro atoms. The van der Waals surface area contributed by atoms with Crippen molar-refractivity contribution in [1.29, 1.82) is 0 Å². The molecule has 154 valence electrons. The molecule has 1 aromatic heterocycles. The molecular weight excluding hydrogens is 465 g/mol. The molecule has 2 heterocycles. The second kappa shape index (κ2) is 11.2. The van der Waals surface area contributed by atoms with Gasteiger partial charge < -0.3 is 19.7 Å². The van der Waals surface area contributed by atoms with Crippen molar-refractivity contribution < 1.29 is 0 Å². The highest BCUT2D eigenvalue weighted by Crippen LogP contribution is 2.23. The third-order valence-electron chi connectivity index (χ3n) is 5.30. The van der Waals surface area contributed by atoms with Gasteiger partial charge in [0.15, 0.2) is 5.96 Å². The summed E-state index contributed by atoms with van der Waals surface area (Å²) in [6, 6.07) is 6.58. The van der Waals surface area contributed by atoms with Crippen LogP contribution in [0.25, 0.3) is 0 Å². The van der Waals surface area contributed by atoms with Crippen molar-refractivity contribution in [3.05, 3.63) is 42.0 Å². The number of piperazine rings is 1. The van der Waals surface area contributed by atoms with Gasteiger partial charge in [-0.05, 0) is 43.9 Å². The van der Waals surface area contributed by atoms with Crippen LogP contribution in [0.15, 0.2) is 35.8 Å². The molecule has 0 amide bonds. The molecule has 0 unspecified atom stereocenters. The van der Waals surface area contributed by atoms with Crippen LogP contribution in [-0.2, 0) is 6.54 Å². The van der Waals surface area contributed by atoms with Gasteiger partial charge in [-0.15, -0.1) is 34.2 Å². The molecule has 0 bridgehead atoms. The van der Waals surface area contributed by atoms with Gasteiger partial charge in [-0.25, -0.2) is 0 Å². The summed E-state index contributed by atoms with van der Waals surface area (Å²) in [5.74, 6) is 1.01. The monoisotopic (exact) mass is 497 g/mol. The highest BCUT2D eigenvalue weighted by atomic mass is 127. The van der Waals surface area contributed by atoms with Crippen LogP contribution in [0.1, 0.15) is 24.0 Å². The lowest BCUT2D eigenvalue weighted by Gasteiger charge is -2.38. The van der Waals surface area contributed by atoms with Crippen molar-refractivity contribution in [1.82, 2.24) is 25.0 Å². The maximum atomic E-state index is 4.48. The lowest BCUT2D eigenvalue weighted by molar-refractivity contribution is 0.372. The first-order valence-corrected chi connectivity index (χ1v) is 9.78. The van der Waals surface area contributed by atoms with Crippen LogP contribution in [-0.4, -0.2) is 65.4 Å². The van der Waals surface area contributed by atoms with Crippen molar-refractivity contribution in [2.45, 2.75) is 33.2 Å². The lowest BCUT2D eigenvalue weighted by Crippen LogP contribution is -2.52. The van der Waals surface area contributed by atoms with Crippen LogP contribution in [0, 0.1) is 13.8 Å². The highest BCUT2D eigenvalue weighted by molar-refractivity contribution is 14.0. The standard InChI is InChI=1S/C20H31N7.HI/c1-17-7-6-8-19(18(17)2)26-11-13-27(14-12-26)20(21-3)22-9-4-5-10-25-15-23-24-16-25;/h6-8,15-16H,4-5,9-14H2,1-3H3,(H,21,22);1H. The highest BCUT2D eigenvalue weighted by Gasteiger charge is 2.20. The number of rotatable bonds is 6. The van der Waals surface area contributed by atoms with Gasteiger partial charge in [-0.3, -0.25) is 4.99 Å². The van der Waals surface area contributed by atoms with Gasteiger partial charge in [0.2, 0.25) is 0 Å². The summed E-state index contributed by atoms with van der Waals surface area (Å²) < 4.78 is 2.02. The fraction of sp³-hybridized carbons (Fsp3) is 0.550. The van der Waals surface area contributed by atoms with E-state index in [4.69, 9.17) is 0 Å². The zero-order valence-corrected chi connectivity index (χ0v) is 19.5. The van der Waals surface area contributed by atoms with E-state index in [0.717, 1.165) is 58.1 Å². The second-order valence-electron chi connectivity index (χ2n) is 7.07. The predicted octanol–water partition coefficient (Wildman–Crippen LogP) is 2.69. The summed E-state index contributed by atoms with van der Waals surface area (Å²) in [5, 5.41) is 11.2. The average molecular weight is 497 g/mol. The Hall–Kier alpha value is -1.84. The van der Waals surface area contributed by atoms with Crippen molar-refractivity contribution in [2.75, 3.05) is 44.7 Å². The van der Waals surface area contributed by atoms with Crippen molar-refractivity contribution in [3.8, 4) is 0 Å². The van der Waals surface area contributed by atoms with Gasteiger partial charge in [-0.2, -0.15) is 0 Å². The average Bonchev–Trinajstić information content (AvgIpc) is 3.21. The van der Waals surface area contributed by atoms with E-state index in [0.29, 0.717) is 0 Å². The summed E-state index contributed by atoms with van der Waals surface area (Å²) in [5.41, 5.74) is 4.12. The van der Waals surface area contributed by atoms with Crippen molar-refractivity contribution in [2.24, 2.45) is 4.99 Å². The van der Waals surface area contributed by atoms with Crippen molar-refractivity contribution in [3.63, 3.8) is 0 Å². The molecule has 3 rings (SSSR count). The van der Waals surface area contributed by atoms with Gasteiger partial charge >= 0.3 is 0 Å². The molecule has 0 atom stereocenters. The van der Waals surface area contributed by atoms with Gasteiger partial charge in [0.05, 0.1) is 0 Å². The van der Waals surface area contributed by atoms with E-state index in [1.54, 1.807) is 12.7 Å². The number of halogens is 1. The summed E-state index contributed by atoms with van der Waals surface area (Å²) in [6.45, 7) is 10.3. The zero-order valence-electron chi connectivity index (χ0n) is 17.1. The van der Waals surface area contributed by atoms with Gasteiger partial charge in [-0.1, -0.05) is 12.1 Å². The minimum atomic E-state index is 0. The molecule has 1 saturated heterocycles. The van der Waals surface area contributed by atoms with Crippen LogP contribution in [0.3, 0.4) is 0 Å². The zero-order chi connectivity index (χ0) is 19.1. The first kappa shape index (κ1) is 22.4. The number of anilines is 1. The fourth-order valence-corrected chi connectivity index (χ4v) is 3.53. The van der Waals surface area contributed by atoms with Gasteiger partial charge in [0, 0.05) is 52.0 Å². The van der Waals surface area contributed by atoms with Crippen molar-refractivity contribution >= 4 is 35.6 Å². The molecule has 1 aliphatic rings. The molecule has 0 radical (unpaired) electrons. The number of unbranched alkanes of at least 4 members (excludes halogenated alkanes) is 1. The van der Waals surface area contributed by atoms with E-state index >= 15 is 0 Å². The first-order valence-electron chi connectivity index (χ1n) is 9.78. The third-order valence-corrected chi connectivity index (χ3v) is 5.30. The molecule has 1 N–H and O–H groups in total. The molecule has 1 fully saturated rings. The van der Waals surface area contributed by atoms with E-state index < -0.39 is 0 Å². The Balaban J connectivity index is 0.00000280. The Labute approximate surface area is 185 Å². The Morgan fingerprint density at radius 1 is 1.07 bits per heavy atom. The third kappa shape index (κ3) is 5.83. The molecule has 0 aliphatic carbocycles. The number of benzene rings is 1. The van der Waals surface area contributed by atoms with Crippen LogP contribution in [0.4, 0.5) is 5.69 Å². The van der Waals surface area contributed by atoms with E-state index in [1.165, 1.54) is 16.8 Å². The summed E-state index contributed by atoms with van der Waals surface area (Å²) >= 11 is 0. The number of aliphatic imine (C=N–C) groups is 1. The van der Waals surface area contributed by atoms with Gasteiger partial charge in [0.25, 0.3) is 0 Å². The molecule has 1 aromatic carbocycles. The predicted molar refractivity (Wildman–Crippen MR) is 126 cm³/mol. The van der Waals surface area contributed by atoms with Crippen LogP contribution >= 0.6 is 24.0 Å². The largest absolute Gasteiger partial charge is 0.368 e. The van der Waals surface area contributed by atoms with Crippen LogP contribution < -0.4 is 10.2 Å². The summed E-state index contributed by atoms with van der Waals surface area (Å²) in [6.07, 6.45) is 5.73. The van der Waals surface area contributed by atoms with E-state index in [1.807, 2.05) is 11.6 Å². The summed E-state index contributed by atoms with van der Waals surface area (Å²) in [7, 11) is 1.87. The minimum Gasteiger partial charge on any atom is -0.368 e. The number of nitrogens with one attached hydrogen (secondary N) is 1. The van der Waals surface area contributed by atoms with E-state index in [9.17, 15) is 0 Å². The molecule has 0 saturated carbocycles. The molecule has 2 aromatic rings. The fourth-order valence-electron chi connectivity index (χ4n) is 3.53. The Bertz CT molecular complexity index is 737. The van der Waals surface area contributed by atoms with E-state index in [-0.39, 0.29) is 24.0 Å². The van der Waals surface area contributed by atoms with Crippen LogP contribution in [0.2, 0.25) is 0 Å². The quantitative estimate of drug-likeness (QED) is 0.288. The topological polar surface area (TPSA) is 61.6 Å². The number of guanidine groups is 1. The van der Waals surface area contributed by atoms with Gasteiger partial charge in [0.1, 0.15) is 12.7 Å². The maximum Gasteiger partial charge on any atom is 0.193 e. The molecule has 7 nitrogen and oxygen atoms in total. The Morgan fingerprint density at radius 3 is 2.46 bits per heavy atom. The minimum absolute atomic E-state index is 0. The number of aryl methyl sites for hydroxylation is 2. The molecule has 28 heavy (non-hydrogen) atoms. The molecule has 1 aliphatic heterocycles.